The first kappa shape index (κ1) is 10.7. The Morgan fingerprint density at radius 3 is 3.28 bits per heavy atom. The van der Waals surface area contributed by atoms with Crippen LogP contribution >= 0.6 is 22.7 Å². The lowest BCUT2D eigenvalue weighted by molar-refractivity contribution is 0.537. The first-order chi connectivity index (χ1) is 8.83. The number of hydrogen-bond donors (Lipinski definition) is 1. The normalized spacial score (nSPS) is 19.3. The zero-order valence-electron chi connectivity index (χ0n) is 9.88. The summed E-state index contributed by atoms with van der Waals surface area (Å²) in [5.74, 6) is 0.852. The van der Waals surface area contributed by atoms with Gasteiger partial charge < -0.3 is 5.32 Å². The van der Waals surface area contributed by atoms with Gasteiger partial charge in [-0.15, -0.1) is 16.4 Å². The van der Waals surface area contributed by atoms with E-state index >= 15 is 0 Å². The number of fused-ring (bicyclic) bond motifs is 3. The third-order valence-electron chi connectivity index (χ3n) is 3.27. The average molecular weight is 276 g/mol. The van der Waals surface area contributed by atoms with Crippen molar-refractivity contribution in [3.05, 3.63) is 28.1 Å². The third-order valence-corrected chi connectivity index (χ3v) is 5.39. The molecule has 0 fully saturated rings. The molecule has 0 bridgehead atoms. The summed E-state index contributed by atoms with van der Waals surface area (Å²) in [5.41, 5.74) is 1.33. The van der Waals surface area contributed by atoms with Gasteiger partial charge in [-0.3, -0.25) is 0 Å². The molecular formula is C12H12N4S2. The molecule has 0 radical (unpaired) electrons. The highest BCUT2D eigenvalue weighted by Gasteiger charge is 2.23. The van der Waals surface area contributed by atoms with E-state index < -0.39 is 0 Å². The van der Waals surface area contributed by atoms with Gasteiger partial charge in [-0.2, -0.15) is 4.98 Å². The largest absolute Gasteiger partial charge is 0.309 e. The van der Waals surface area contributed by atoms with Crippen LogP contribution in [-0.2, 0) is 6.42 Å². The molecule has 0 aliphatic carbocycles. The Morgan fingerprint density at radius 2 is 2.44 bits per heavy atom. The van der Waals surface area contributed by atoms with Crippen LogP contribution in [0.5, 0.6) is 0 Å². The van der Waals surface area contributed by atoms with Gasteiger partial charge in [0.2, 0.25) is 4.96 Å². The minimum atomic E-state index is 0.424. The van der Waals surface area contributed by atoms with Crippen LogP contribution in [0, 0.1) is 0 Å². The number of thiophene rings is 1. The van der Waals surface area contributed by atoms with Gasteiger partial charge in [0.15, 0.2) is 5.82 Å². The molecule has 3 aromatic heterocycles. The quantitative estimate of drug-likeness (QED) is 0.743. The second kappa shape index (κ2) is 3.88. The maximum absolute atomic E-state index is 4.66. The summed E-state index contributed by atoms with van der Waals surface area (Å²) in [5, 5.41) is 10.2. The summed E-state index contributed by atoms with van der Waals surface area (Å²) in [6, 6.07) is 4.53. The Bertz CT molecular complexity index is 695. The van der Waals surface area contributed by atoms with Crippen LogP contribution in [0.2, 0.25) is 0 Å². The Labute approximate surface area is 112 Å². The Hall–Kier alpha value is -1.24. The lowest BCUT2D eigenvalue weighted by atomic mass is 10.1. The molecule has 1 unspecified atom stereocenters. The summed E-state index contributed by atoms with van der Waals surface area (Å²) < 4.78 is 2.03. The van der Waals surface area contributed by atoms with Crippen molar-refractivity contribution >= 4 is 27.6 Å². The molecule has 6 heteroatoms. The van der Waals surface area contributed by atoms with Crippen molar-refractivity contribution in [2.45, 2.75) is 19.4 Å². The third kappa shape index (κ3) is 1.46. The highest BCUT2D eigenvalue weighted by atomic mass is 32.1. The number of nitrogens with one attached hydrogen (secondary N) is 1. The molecule has 0 spiro atoms. The Morgan fingerprint density at radius 1 is 1.50 bits per heavy atom. The van der Waals surface area contributed by atoms with Crippen molar-refractivity contribution < 1.29 is 0 Å². The predicted octanol–water partition coefficient (Wildman–Crippen LogP) is 2.73. The van der Waals surface area contributed by atoms with Crippen LogP contribution in [0.3, 0.4) is 0 Å². The van der Waals surface area contributed by atoms with Gasteiger partial charge >= 0.3 is 0 Å². The van der Waals surface area contributed by atoms with E-state index in [0.717, 1.165) is 28.6 Å². The molecule has 0 saturated heterocycles. The molecule has 4 rings (SSSR count). The van der Waals surface area contributed by atoms with Gasteiger partial charge in [0.1, 0.15) is 0 Å². The smallest absolute Gasteiger partial charge is 0.213 e. The molecule has 18 heavy (non-hydrogen) atoms. The molecule has 1 atom stereocenters. The average Bonchev–Trinajstić information content (AvgIpc) is 3.03. The SMILES string of the molecule is CC1NCCc2c1sc1nc(-c3cccs3)nn21. The van der Waals surface area contributed by atoms with Crippen LogP contribution in [0.4, 0.5) is 0 Å². The lowest BCUT2D eigenvalue weighted by Gasteiger charge is -2.19. The number of thiazole rings is 1. The number of hydrogen-bond acceptors (Lipinski definition) is 5. The predicted molar refractivity (Wildman–Crippen MR) is 74.3 cm³/mol. The summed E-state index contributed by atoms with van der Waals surface area (Å²) in [6.45, 7) is 3.22. The van der Waals surface area contributed by atoms with Crippen molar-refractivity contribution in [1.29, 1.82) is 0 Å². The maximum atomic E-state index is 4.66. The molecule has 3 aromatic rings. The summed E-state index contributed by atoms with van der Waals surface area (Å²) in [7, 11) is 0. The molecule has 1 aliphatic rings. The van der Waals surface area contributed by atoms with E-state index in [1.165, 1.54) is 10.6 Å². The van der Waals surface area contributed by atoms with Crippen molar-refractivity contribution in [2.75, 3.05) is 6.54 Å². The minimum Gasteiger partial charge on any atom is -0.309 e. The van der Waals surface area contributed by atoms with Crippen molar-refractivity contribution in [3.63, 3.8) is 0 Å². The second-order valence-corrected chi connectivity index (χ2v) is 6.40. The van der Waals surface area contributed by atoms with Crippen molar-refractivity contribution in [1.82, 2.24) is 19.9 Å². The molecule has 4 heterocycles. The van der Waals surface area contributed by atoms with Crippen LogP contribution < -0.4 is 5.32 Å². The van der Waals surface area contributed by atoms with Gasteiger partial charge in [0.05, 0.1) is 10.6 Å². The molecule has 1 aliphatic heterocycles. The van der Waals surface area contributed by atoms with Crippen LogP contribution in [-0.4, -0.2) is 21.1 Å². The van der Waals surface area contributed by atoms with Crippen LogP contribution in [0.1, 0.15) is 23.5 Å². The Kier molecular flexibility index (Phi) is 2.30. The van der Waals surface area contributed by atoms with E-state index in [9.17, 15) is 0 Å². The van der Waals surface area contributed by atoms with Gasteiger partial charge in [0.25, 0.3) is 0 Å². The van der Waals surface area contributed by atoms with Crippen molar-refractivity contribution in [2.24, 2.45) is 0 Å². The van der Waals surface area contributed by atoms with E-state index in [4.69, 9.17) is 0 Å². The van der Waals surface area contributed by atoms with Gasteiger partial charge in [-0.25, -0.2) is 4.52 Å². The molecule has 0 aromatic carbocycles. The molecule has 0 saturated carbocycles. The van der Waals surface area contributed by atoms with Crippen molar-refractivity contribution in [3.8, 4) is 10.7 Å². The van der Waals surface area contributed by atoms with E-state index in [1.807, 2.05) is 10.6 Å². The molecule has 1 N–H and O–H groups in total. The Balaban J connectivity index is 1.90. The molecule has 92 valence electrons. The standard InChI is InChI=1S/C12H12N4S2/c1-7-10-8(4-5-13-7)16-12(18-10)14-11(15-16)9-3-2-6-17-9/h2-3,6-7,13H,4-5H2,1H3. The van der Waals surface area contributed by atoms with Gasteiger partial charge in [-0.1, -0.05) is 17.4 Å². The number of nitrogens with zero attached hydrogens (tertiary/aromatic N) is 3. The molecule has 4 nitrogen and oxygen atoms in total. The summed E-state index contributed by atoms with van der Waals surface area (Å²) in [4.78, 5) is 8.18. The number of aromatic nitrogens is 3. The fourth-order valence-electron chi connectivity index (χ4n) is 2.38. The lowest BCUT2D eigenvalue weighted by Crippen LogP contribution is -2.27. The fraction of sp³-hybridized carbons (Fsp3) is 0.333. The highest BCUT2D eigenvalue weighted by Crippen LogP contribution is 2.32. The second-order valence-electron chi connectivity index (χ2n) is 4.45. The zero-order chi connectivity index (χ0) is 12.1. The van der Waals surface area contributed by atoms with E-state index in [1.54, 1.807) is 22.7 Å². The first-order valence-electron chi connectivity index (χ1n) is 5.98. The molecule has 0 amide bonds. The molecular weight excluding hydrogens is 264 g/mol. The summed E-state index contributed by atoms with van der Waals surface area (Å²) in [6.07, 6.45) is 1.03. The number of rotatable bonds is 1. The highest BCUT2D eigenvalue weighted by molar-refractivity contribution is 7.17. The first-order valence-corrected chi connectivity index (χ1v) is 7.68. The topological polar surface area (TPSA) is 42.2 Å². The van der Waals surface area contributed by atoms with E-state index in [2.05, 4.69) is 33.8 Å². The monoisotopic (exact) mass is 276 g/mol. The minimum absolute atomic E-state index is 0.424. The van der Waals surface area contributed by atoms with Crippen LogP contribution in [0.15, 0.2) is 17.5 Å². The zero-order valence-corrected chi connectivity index (χ0v) is 11.5. The van der Waals surface area contributed by atoms with E-state index in [0.29, 0.717) is 6.04 Å². The van der Waals surface area contributed by atoms with Gasteiger partial charge in [0, 0.05) is 23.9 Å². The van der Waals surface area contributed by atoms with Crippen LogP contribution in [0.25, 0.3) is 15.7 Å². The van der Waals surface area contributed by atoms with E-state index in [-0.39, 0.29) is 0 Å². The van der Waals surface area contributed by atoms with Gasteiger partial charge in [-0.05, 0) is 18.4 Å². The summed E-state index contributed by atoms with van der Waals surface area (Å²) >= 11 is 3.44. The maximum Gasteiger partial charge on any atom is 0.213 e. The fourth-order valence-corrected chi connectivity index (χ4v) is 4.16.